The van der Waals surface area contributed by atoms with Crippen LogP contribution >= 0.6 is 0 Å². The maximum atomic E-state index is 13.9. The average Bonchev–Trinajstić information content (AvgIpc) is 2.46. The molecule has 0 aliphatic rings. The van der Waals surface area contributed by atoms with E-state index in [4.69, 9.17) is 10.4 Å². The Kier molecular flexibility index (Phi) is 3.97. The van der Waals surface area contributed by atoms with E-state index in [0.717, 1.165) is 12.1 Å². The highest BCUT2D eigenvalue weighted by Crippen LogP contribution is 2.30. The van der Waals surface area contributed by atoms with Gasteiger partial charge in [-0.2, -0.15) is 5.26 Å². The third kappa shape index (κ3) is 2.60. The third-order valence-corrected chi connectivity index (χ3v) is 2.98. The third-order valence-electron chi connectivity index (χ3n) is 2.98. The average molecular weight is 274 g/mol. The summed E-state index contributed by atoms with van der Waals surface area (Å²) in [6.07, 6.45) is 0. The normalized spacial score (nSPS) is 10.2. The molecule has 2 aromatic rings. The molecule has 0 radical (unpaired) electrons. The fraction of sp³-hybridized carbons (Fsp3) is 0.133. The maximum Gasteiger partial charge on any atom is 0.150 e. The monoisotopic (exact) mass is 274 g/mol. The van der Waals surface area contributed by atoms with Gasteiger partial charge < -0.3 is 10.0 Å². The summed E-state index contributed by atoms with van der Waals surface area (Å²) in [4.78, 5) is 1.35. The van der Waals surface area contributed by atoms with Gasteiger partial charge in [0.15, 0.2) is 0 Å². The van der Waals surface area contributed by atoms with E-state index in [2.05, 4.69) is 0 Å². The molecular weight excluding hydrogens is 262 g/mol. The molecule has 0 aliphatic heterocycles. The fourth-order valence-corrected chi connectivity index (χ4v) is 1.92. The lowest BCUT2D eigenvalue weighted by molar-refractivity contribution is 0.280. The first-order chi connectivity index (χ1) is 9.56. The van der Waals surface area contributed by atoms with E-state index >= 15 is 0 Å². The van der Waals surface area contributed by atoms with Gasteiger partial charge in [0.05, 0.1) is 18.2 Å². The lowest BCUT2D eigenvalue weighted by Crippen LogP contribution is -2.13. The van der Waals surface area contributed by atoms with Gasteiger partial charge in [0.2, 0.25) is 0 Å². The lowest BCUT2D eigenvalue weighted by atomic mass is 10.1. The fourth-order valence-electron chi connectivity index (χ4n) is 1.92. The maximum absolute atomic E-state index is 13.9. The summed E-state index contributed by atoms with van der Waals surface area (Å²) in [5.74, 6) is -1.50. The van der Waals surface area contributed by atoms with Crippen LogP contribution in [0.3, 0.4) is 0 Å². The molecule has 102 valence electrons. The van der Waals surface area contributed by atoms with Crippen LogP contribution in [0.4, 0.5) is 20.2 Å². The van der Waals surface area contributed by atoms with Crippen molar-refractivity contribution in [3.63, 3.8) is 0 Å². The molecule has 0 amide bonds. The molecule has 0 saturated heterocycles. The Morgan fingerprint density at radius 2 is 1.70 bits per heavy atom. The van der Waals surface area contributed by atoms with E-state index in [1.807, 2.05) is 6.07 Å². The molecular formula is C15H12F2N2O. The molecule has 0 bridgehead atoms. The first kappa shape index (κ1) is 14.0. The largest absolute Gasteiger partial charge is 0.392 e. The summed E-state index contributed by atoms with van der Waals surface area (Å²) in [5.41, 5.74) is 1.00. The Balaban J connectivity index is 2.42. The van der Waals surface area contributed by atoms with Crippen molar-refractivity contribution in [2.24, 2.45) is 0 Å². The quantitative estimate of drug-likeness (QED) is 0.935. The van der Waals surface area contributed by atoms with E-state index in [0.29, 0.717) is 11.3 Å². The number of nitriles is 1. The van der Waals surface area contributed by atoms with Gasteiger partial charge in [-0.3, -0.25) is 0 Å². The number of nitrogens with zero attached hydrogens (tertiary/aromatic N) is 2. The molecule has 2 aromatic carbocycles. The molecule has 0 aromatic heterocycles. The molecule has 0 spiro atoms. The Hall–Kier alpha value is -2.45. The minimum atomic E-state index is -0.749. The van der Waals surface area contributed by atoms with Crippen molar-refractivity contribution in [3.05, 3.63) is 59.2 Å². The number of halogens is 2. The molecule has 5 heteroatoms. The Morgan fingerprint density at radius 1 is 1.15 bits per heavy atom. The van der Waals surface area contributed by atoms with Gasteiger partial charge in [-0.1, -0.05) is 0 Å². The van der Waals surface area contributed by atoms with E-state index in [-0.39, 0.29) is 11.3 Å². The van der Waals surface area contributed by atoms with Crippen molar-refractivity contribution in [2.75, 3.05) is 11.9 Å². The number of benzene rings is 2. The summed E-state index contributed by atoms with van der Waals surface area (Å²) in [7, 11) is 1.53. The van der Waals surface area contributed by atoms with Crippen molar-refractivity contribution in [1.82, 2.24) is 0 Å². The number of anilines is 2. The van der Waals surface area contributed by atoms with Crippen LogP contribution in [-0.2, 0) is 6.61 Å². The highest BCUT2D eigenvalue weighted by Gasteiger charge is 2.16. The van der Waals surface area contributed by atoms with E-state index in [1.54, 1.807) is 24.3 Å². The number of aliphatic hydroxyl groups excluding tert-OH is 1. The van der Waals surface area contributed by atoms with E-state index in [1.165, 1.54) is 11.9 Å². The second-order valence-corrected chi connectivity index (χ2v) is 4.28. The predicted octanol–water partition coefficient (Wildman–Crippen LogP) is 3.10. The Morgan fingerprint density at radius 3 is 2.15 bits per heavy atom. The van der Waals surface area contributed by atoms with Gasteiger partial charge >= 0.3 is 0 Å². The van der Waals surface area contributed by atoms with Crippen LogP contribution in [0.1, 0.15) is 11.1 Å². The zero-order valence-corrected chi connectivity index (χ0v) is 10.8. The molecule has 0 aliphatic carbocycles. The molecule has 0 fully saturated rings. The summed E-state index contributed by atoms with van der Waals surface area (Å²) in [6, 6.07) is 10.5. The first-order valence-electron chi connectivity index (χ1n) is 5.89. The zero-order chi connectivity index (χ0) is 14.7. The summed E-state index contributed by atoms with van der Waals surface area (Å²) in [5, 5.41) is 17.6. The lowest BCUT2D eigenvalue weighted by Gasteiger charge is -2.21. The second kappa shape index (κ2) is 5.68. The van der Waals surface area contributed by atoms with Crippen molar-refractivity contribution < 1.29 is 13.9 Å². The van der Waals surface area contributed by atoms with Crippen LogP contribution in [0.2, 0.25) is 0 Å². The van der Waals surface area contributed by atoms with Crippen molar-refractivity contribution in [2.45, 2.75) is 6.61 Å². The van der Waals surface area contributed by atoms with Crippen molar-refractivity contribution in [1.29, 1.82) is 5.26 Å². The molecule has 0 unspecified atom stereocenters. The number of rotatable bonds is 3. The van der Waals surface area contributed by atoms with Gasteiger partial charge in [0.25, 0.3) is 0 Å². The van der Waals surface area contributed by atoms with Gasteiger partial charge in [-0.05, 0) is 42.0 Å². The van der Waals surface area contributed by atoms with Crippen LogP contribution in [0.5, 0.6) is 0 Å². The first-order valence-corrected chi connectivity index (χ1v) is 5.89. The molecule has 20 heavy (non-hydrogen) atoms. The second-order valence-electron chi connectivity index (χ2n) is 4.28. The standard InChI is InChI=1S/C15H12F2N2O/c1-19(12-4-2-10(8-18)3-5-12)15-13(16)6-11(9-20)7-14(15)17/h2-7,20H,9H2,1H3. The van der Waals surface area contributed by atoms with E-state index < -0.39 is 18.2 Å². The van der Waals surface area contributed by atoms with Crippen LogP contribution in [0, 0.1) is 23.0 Å². The molecule has 0 atom stereocenters. The van der Waals surface area contributed by atoms with Gasteiger partial charge in [0.1, 0.15) is 17.3 Å². The number of hydrogen-bond donors (Lipinski definition) is 1. The molecule has 0 saturated carbocycles. The molecule has 2 rings (SSSR count). The van der Waals surface area contributed by atoms with Crippen LogP contribution in [0.15, 0.2) is 36.4 Å². The molecule has 3 nitrogen and oxygen atoms in total. The minimum Gasteiger partial charge on any atom is -0.392 e. The molecule has 1 N–H and O–H groups in total. The van der Waals surface area contributed by atoms with Crippen molar-refractivity contribution >= 4 is 11.4 Å². The summed E-state index contributed by atoms with van der Waals surface area (Å²) in [6.45, 7) is -0.422. The smallest absolute Gasteiger partial charge is 0.150 e. The SMILES string of the molecule is CN(c1ccc(C#N)cc1)c1c(F)cc(CO)cc1F. The minimum absolute atomic E-state index is 0.178. The van der Waals surface area contributed by atoms with E-state index in [9.17, 15) is 8.78 Å². The highest BCUT2D eigenvalue weighted by atomic mass is 19.1. The Labute approximate surface area is 115 Å². The number of hydrogen-bond acceptors (Lipinski definition) is 3. The van der Waals surface area contributed by atoms with Gasteiger partial charge in [-0.15, -0.1) is 0 Å². The molecule has 0 heterocycles. The Bertz CT molecular complexity index is 640. The van der Waals surface area contributed by atoms with Crippen LogP contribution in [0.25, 0.3) is 0 Å². The zero-order valence-electron chi connectivity index (χ0n) is 10.8. The summed E-state index contributed by atoms with van der Waals surface area (Å²) >= 11 is 0. The predicted molar refractivity (Wildman–Crippen MR) is 71.5 cm³/mol. The van der Waals surface area contributed by atoms with Gasteiger partial charge in [0, 0.05) is 12.7 Å². The summed E-state index contributed by atoms with van der Waals surface area (Å²) < 4.78 is 27.9. The van der Waals surface area contributed by atoms with Crippen LogP contribution < -0.4 is 4.90 Å². The number of aliphatic hydroxyl groups is 1. The van der Waals surface area contributed by atoms with Gasteiger partial charge in [-0.25, -0.2) is 8.78 Å². The van der Waals surface area contributed by atoms with Crippen molar-refractivity contribution in [3.8, 4) is 6.07 Å². The highest BCUT2D eigenvalue weighted by molar-refractivity contribution is 5.64. The topological polar surface area (TPSA) is 47.3 Å². The van der Waals surface area contributed by atoms with Crippen LogP contribution in [-0.4, -0.2) is 12.2 Å².